The first kappa shape index (κ1) is 12.2. The summed E-state index contributed by atoms with van der Waals surface area (Å²) >= 11 is 0. The van der Waals surface area contributed by atoms with E-state index in [0.29, 0.717) is 18.3 Å². The van der Waals surface area contributed by atoms with E-state index in [1.165, 1.54) is 5.56 Å². The summed E-state index contributed by atoms with van der Waals surface area (Å²) in [7, 11) is 0. The van der Waals surface area contributed by atoms with Gasteiger partial charge in [0.15, 0.2) is 0 Å². The van der Waals surface area contributed by atoms with Gasteiger partial charge < -0.3 is 14.5 Å². The second-order valence-corrected chi connectivity index (χ2v) is 4.60. The molecule has 3 rings (SSSR count). The molecule has 1 aliphatic rings. The van der Waals surface area contributed by atoms with E-state index in [0.717, 1.165) is 37.3 Å². The maximum absolute atomic E-state index is 5.65. The zero-order valence-electron chi connectivity index (χ0n) is 11.0. The van der Waals surface area contributed by atoms with Crippen molar-refractivity contribution in [1.82, 2.24) is 15.5 Å². The molecule has 1 aromatic carbocycles. The Balaban J connectivity index is 1.75. The molecule has 0 amide bonds. The fraction of sp³-hybridized carbons (Fsp3) is 0.429. The van der Waals surface area contributed by atoms with Crippen molar-refractivity contribution in [3.05, 3.63) is 29.7 Å². The number of hydrogen-bond acceptors (Lipinski definition) is 5. The molecule has 5 heteroatoms. The monoisotopic (exact) mass is 259 g/mol. The molecule has 19 heavy (non-hydrogen) atoms. The molecule has 2 heterocycles. The zero-order chi connectivity index (χ0) is 13.1. The quantitative estimate of drug-likeness (QED) is 0.834. The number of nitrogens with zero attached hydrogens (tertiary/aromatic N) is 2. The van der Waals surface area contributed by atoms with Crippen LogP contribution in [0.2, 0.25) is 0 Å². The van der Waals surface area contributed by atoms with Crippen molar-refractivity contribution in [3.8, 4) is 17.2 Å². The first-order valence-electron chi connectivity index (χ1n) is 6.66. The van der Waals surface area contributed by atoms with Crippen molar-refractivity contribution in [2.45, 2.75) is 26.3 Å². The van der Waals surface area contributed by atoms with Crippen LogP contribution in [-0.2, 0) is 13.0 Å². The molecule has 0 saturated heterocycles. The molecule has 2 aromatic rings. The first-order chi connectivity index (χ1) is 9.36. The van der Waals surface area contributed by atoms with Crippen LogP contribution >= 0.6 is 0 Å². The number of benzene rings is 1. The molecule has 0 radical (unpaired) electrons. The van der Waals surface area contributed by atoms with Crippen LogP contribution in [0.3, 0.4) is 0 Å². The predicted molar refractivity (Wildman–Crippen MR) is 70.9 cm³/mol. The average Bonchev–Trinajstić information content (AvgIpc) is 3.06. The van der Waals surface area contributed by atoms with Crippen LogP contribution in [0.4, 0.5) is 0 Å². The van der Waals surface area contributed by atoms with Crippen LogP contribution in [0.15, 0.2) is 22.6 Å². The van der Waals surface area contributed by atoms with E-state index in [9.17, 15) is 0 Å². The summed E-state index contributed by atoms with van der Waals surface area (Å²) in [4.78, 5) is 0. The Morgan fingerprint density at radius 1 is 1.32 bits per heavy atom. The molecule has 0 spiro atoms. The van der Waals surface area contributed by atoms with Crippen molar-refractivity contribution in [2.24, 2.45) is 0 Å². The standard InChI is InChI=1S/C14H17N3O2/c1-2-6-15-9-13-16-17-14(19-13)11-3-4-12-10(8-11)5-7-18-12/h3-4,8,15H,2,5-7,9H2,1H3. The van der Waals surface area contributed by atoms with E-state index < -0.39 is 0 Å². The maximum atomic E-state index is 5.65. The van der Waals surface area contributed by atoms with E-state index in [2.05, 4.69) is 28.5 Å². The van der Waals surface area contributed by atoms with Crippen molar-refractivity contribution in [3.63, 3.8) is 0 Å². The van der Waals surface area contributed by atoms with E-state index >= 15 is 0 Å². The summed E-state index contributed by atoms with van der Waals surface area (Å²) in [5, 5.41) is 11.4. The molecule has 0 fully saturated rings. The highest BCUT2D eigenvalue weighted by Gasteiger charge is 2.15. The average molecular weight is 259 g/mol. The molecule has 0 aliphatic carbocycles. The summed E-state index contributed by atoms with van der Waals surface area (Å²) in [5.41, 5.74) is 2.17. The highest BCUT2D eigenvalue weighted by Crippen LogP contribution is 2.29. The van der Waals surface area contributed by atoms with E-state index in [1.807, 2.05) is 12.1 Å². The van der Waals surface area contributed by atoms with Crippen molar-refractivity contribution in [2.75, 3.05) is 13.2 Å². The number of aromatic nitrogens is 2. The van der Waals surface area contributed by atoms with Gasteiger partial charge in [0.25, 0.3) is 0 Å². The molecular weight excluding hydrogens is 242 g/mol. The van der Waals surface area contributed by atoms with E-state index in [4.69, 9.17) is 9.15 Å². The van der Waals surface area contributed by atoms with Gasteiger partial charge in [-0.3, -0.25) is 0 Å². The first-order valence-corrected chi connectivity index (χ1v) is 6.66. The Morgan fingerprint density at radius 3 is 3.16 bits per heavy atom. The lowest BCUT2D eigenvalue weighted by Gasteiger charge is -2.00. The lowest BCUT2D eigenvalue weighted by Crippen LogP contribution is -2.13. The summed E-state index contributed by atoms with van der Waals surface area (Å²) in [6.07, 6.45) is 2.04. The lowest BCUT2D eigenvalue weighted by molar-refractivity contribution is 0.357. The third-order valence-electron chi connectivity index (χ3n) is 3.11. The molecule has 0 saturated carbocycles. The molecule has 100 valence electrons. The SMILES string of the molecule is CCCNCc1nnc(-c2ccc3c(c2)CCO3)o1. The smallest absolute Gasteiger partial charge is 0.247 e. The minimum Gasteiger partial charge on any atom is -0.493 e. The van der Waals surface area contributed by atoms with Gasteiger partial charge in [-0.05, 0) is 36.7 Å². The molecule has 0 atom stereocenters. The van der Waals surface area contributed by atoms with E-state index in [1.54, 1.807) is 0 Å². The van der Waals surface area contributed by atoms with Crippen LogP contribution in [0.5, 0.6) is 5.75 Å². The lowest BCUT2D eigenvalue weighted by atomic mass is 10.1. The number of hydrogen-bond donors (Lipinski definition) is 1. The van der Waals surface area contributed by atoms with Crippen molar-refractivity contribution < 1.29 is 9.15 Å². The summed E-state index contributed by atoms with van der Waals surface area (Å²) < 4.78 is 11.1. The van der Waals surface area contributed by atoms with Crippen LogP contribution in [0, 0.1) is 0 Å². The van der Waals surface area contributed by atoms with Gasteiger partial charge >= 0.3 is 0 Å². The van der Waals surface area contributed by atoms with Crippen LogP contribution in [0.25, 0.3) is 11.5 Å². The molecular formula is C14H17N3O2. The molecule has 0 unspecified atom stereocenters. The van der Waals surface area contributed by atoms with E-state index in [-0.39, 0.29) is 0 Å². The topological polar surface area (TPSA) is 60.2 Å². The molecule has 1 aliphatic heterocycles. The predicted octanol–water partition coefficient (Wildman–Crippen LogP) is 2.17. The summed E-state index contributed by atoms with van der Waals surface area (Å²) in [5.74, 6) is 2.16. The minimum absolute atomic E-state index is 0.572. The number of fused-ring (bicyclic) bond motifs is 1. The van der Waals surface area contributed by atoms with Crippen molar-refractivity contribution >= 4 is 0 Å². The molecule has 1 aromatic heterocycles. The van der Waals surface area contributed by atoms with Gasteiger partial charge in [-0.2, -0.15) is 0 Å². The van der Waals surface area contributed by atoms with Gasteiger partial charge in [0.05, 0.1) is 13.2 Å². The molecule has 0 bridgehead atoms. The Morgan fingerprint density at radius 2 is 2.26 bits per heavy atom. The second-order valence-electron chi connectivity index (χ2n) is 4.60. The van der Waals surface area contributed by atoms with Crippen LogP contribution < -0.4 is 10.1 Å². The second kappa shape index (κ2) is 5.40. The van der Waals surface area contributed by atoms with Gasteiger partial charge in [-0.15, -0.1) is 10.2 Å². The maximum Gasteiger partial charge on any atom is 0.247 e. The van der Waals surface area contributed by atoms with Gasteiger partial charge in [-0.25, -0.2) is 0 Å². The van der Waals surface area contributed by atoms with Crippen LogP contribution in [0.1, 0.15) is 24.8 Å². The zero-order valence-corrected chi connectivity index (χ0v) is 11.0. The van der Waals surface area contributed by atoms with Gasteiger partial charge in [0.2, 0.25) is 11.8 Å². The fourth-order valence-electron chi connectivity index (χ4n) is 2.13. The largest absolute Gasteiger partial charge is 0.493 e. The Bertz CT molecular complexity index is 566. The number of rotatable bonds is 5. The highest BCUT2D eigenvalue weighted by atomic mass is 16.5. The highest BCUT2D eigenvalue weighted by molar-refractivity contribution is 5.57. The number of ether oxygens (including phenoxy) is 1. The van der Waals surface area contributed by atoms with Gasteiger partial charge in [-0.1, -0.05) is 6.92 Å². The molecule has 5 nitrogen and oxygen atoms in total. The minimum atomic E-state index is 0.572. The normalized spacial score (nSPS) is 13.3. The summed E-state index contributed by atoms with van der Waals surface area (Å²) in [6, 6.07) is 6.00. The third-order valence-corrected chi connectivity index (χ3v) is 3.11. The number of nitrogens with one attached hydrogen (secondary N) is 1. The summed E-state index contributed by atoms with van der Waals surface area (Å²) in [6.45, 7) is 4.45. The third kappa shape index (κ3) is 2.61. The Kier molecular flexibility index (Phi) is 3.46. The van der Waals surface area contributed by atoms with Crippen LogP contribution in [-0.4, -0.2) is 23.3 Å². The fourth-order valence-corrected chi connectivity index (χ4v) is 2.13. The Labute approximate surface area is 112 Å². The molecule has 1 N–H and O–H groups in total. The van der Waals surface area contributed by atoms with Gasteiger partial charge in [0, 0.05) is 12.0 Å². The Hall–Kier alpha value is -1.88. The van der Waals surface area contributed by atoms with Crippen molar-refractivity contribution in [1.29, 1.82) is 0 Å². The van der Waals surface area contributed by atoms with Gasteiger partial charge in [0.1, 0.15) is 5.75 Å².